The smallest absolute Gasteiger partial charge is 0.122 e. The Morgan fingerprint density at radius 1 is 1.47 bits per heavy atom. The molecular weight excluding hydrogens is 216 g/mol. The second-order valence-electron chi connectivity index (χ2n) is 4.56. The molecule has 0 atom stereocenters. The van der Waals surface area contributed by atoms with Crippen LogP contribution >= 0.6 is 0 Å². The van der Waals surface area contributed by atoms with Gasteiger partial charge in [0.05, 0.1) is 19.4 Å². The fourth-order valence-electron chi connectivity index (χ4n) is 2.07. The van der Waals surface area contributed by atoms with Crippen LogP contribution in [0.15, 0.2) is 12.1 Å². The molecule has 1 heterocycles. The molecule has 1 saturated carbocycles. The molecule has 1 aromatic heterocycles. The molecule has 1 fully saturated rings. The standard InChI is InChI=1S/C13H20N2O2/c1-10-7-13(17-2)8-11(14-10)9-15(5-6-16)12-3-4-12/h7-8,12,16H,3-6,9H2,1-2H3. The molecule has 0 aliphatic heterocycles. The SMILES string of the molecule is COc1cc(C)nc(CN(CCO)C2CC2)c1. The molecule has 0 radical (unpaired) electrons. The van der Waals surface area contributed by atoms with Gasteiger partial charge in [-0.15, -0.1) is 0 Å². The Kier molecular flexibility index (Phi) is 3.97. The van der Waals surface area contributed by atoms with Crippen LogP contribution in [-0.4, -0.2) is 41.3 Å². The summed E-state index contributed by atoms with van der Waals surface area (Å²) in [6, 6.07) is 4.53. The van der Waals surface area contributed by atoms with Crippen molar-refractivity contribution in [3.63, 3.8) is 0 Å². The lowest BCUT2D eigenvalue weighted by atomic mass is 10.2. The van der Waals surface area contributed by atoms with Crippen LogP contribution in [0.5, 0.6) is 5.75 Å². The Labute approximate surface area is 102 Å². The van der Waals surface area contributed by atoms with Gasteiger partial charge in [-0.2, -0.15) is 0 Å². The maximum atomic E-state index is 9.06. The normalized spacial score (nSPS) is 15.3. The number of hydrogen-bond donors (Lipinski definition) is 1. The van der Waals surface area contributed by atoms with Gasteiger partial charge < -0.3 is 9.84 Å². The fraction of sp³-hybridized carbons (Fsp3) is 0.615. The van der Waals surface area contributed by atoms with E-state index < -0.39 is 0 Å². The van der Waals surface area contributed by atoms with E-state index >= 15 is 0 Å². The molecular formula is C13H20N2O2. The molecule has 17 heavy (non-hydrogen) atoms. The van der Waals surface area contributed by atoms with Crippen molar-refractivity contribution in [3.05, 3.63) is 23.5 Å². The Bertz CT molecular complexity index is 378. The summed E-state index contributed by atoms with van der Waals surface area (Å²) in [6.07, 6.45) is 2.48. The molecule has 0 bridgehead atoms. The molecule has 1 aromatic rings. The van der Waals surface area contributed by atoms with Crippen molar-refractivity contribution in [1.82, 2.24) is 9.88 Å². The second-order valence-corrected chi connectivity index (χ2v) is 4.56. The van der Waals surface area contributed by atoms with Gasteiger partial charge in [-0.3, -0.25) is 9.88 Å². The fourth-order valence-corrected chi connectivity index (χ4v) is 2.07. The van der Waals surface area contributed by atoms with Crippen LogP contribution in [0.2, 0.25) is 0 Å². The monoisotopic (exact) mass is 236 g/mol. The highest BCUT2D eigenvalue weighted by Crippen LogP contribution is 2.28. The zero-order valence-electron chi connectivity index (χ0n) is 10.5. The number of methoxy groups -OCH3 is 1. The predicted octanol–water partition coefficient (Wildman–Crippen LogP) is 1.36. The number of rotatable bonds is 6. The molecule has 0 amide bonds. The number of aromatic nitrogens is 1. The average Bonchev–Trinajstić information content (AvgIpc) is 3.11. The zero-order valence-corrected chi connectivity index (χ0v) is 10.5. The van der Waals surface area contributed by atoms with Crippen LogP contribution < -0.4 is 4.74 Å². The molecule has 1 aliphatic rings. The zero-order chi connectivity index (χ0) is 12.3. The third-order valence-electron chi connectivity index (χ3n) is 3.03. The predicted molar refractivity (Wildman–Crippen MR) is 66.0 cm³/mol. The lowest BCUT2D eigenvalue weighted by molar-refractivity contribution is 0.182. The Balaban J connectivity index is 2.07. The minimum absolute atomic E-state index is 0.208. The first-order valence-electron chi connectivity index (χ1n) is 6.09. The van der Waals surface area contributed by atoms with E-state index in [1.165, 1.54) is 12.8 Å². The molecule has 2 rings (SSSR count). The molecule has 0 unspecified atom stereocenters. The summed E-state index contributed by atoms with van der Waals surface area (Å²) in [4.78, 5) is 6.80. The van der Waals surface area contributed by atoms with Gasteiger partial charge in [-0.1, -0.05) is 0 Å². The first kappa shape index (κ1) is 12.3. The van der Waals surface area contributed by atoms with Crippen molar-refractivity contribution in [3.8, 4) is 5.75 Å². The largest absolute Gasteiger partial charge is 0.497 e. The van der Waals surface area contributed by atoms with Crippen molar-refractivity contribution in [1.29, 1.82) is 0 Å². The van der Waals surface area contributed by atoms with Crippen molar-refractivity contribution in [2.24, 2.45) is 0 Å². The number of aryl methyl sites for hydroxylation is 1. The van der Waals surface area contributed by atoms with E-state index in [0.717, 1.165) is 30.2 Å². The number of aliphatic hydroxyl groups excluding tert-OH is 1. The lowest BCUT2D eigenvalue weighted by Crippen LogP contribution is -2.29. The summed E-state index contributed by atoms with van der Waals surface area (Å²) in [5, 5.41) is 9.06. The summed E-state index contributed by atoms with van der Waals surface area (Å²) >= 11 is 0. The van der Waals surface area contributed by atoms with E-state index in [1.807, 2.05) is 19.1 Å². The van der Waals surface area contributed by atoms with E-state index in [-0.39, 0.29) is 6.61 Å². The average molecular weight is 236 g/mol. The van der Waals surface area contributed by atoms with Crippen molar-refractivity contribution < 1.29 is 9.84 Å². The maximum absolute atomic E-state index is 9.06. The first-order valence-corrected chi connectivity index (χ1v) is 6.09. The summed E-state index contributed by atoms with van der Waals surface area (Å²) in [7, 11) is 1.67. The topological polar surface area (TPSA) is 45.6 Å². The van der Waals surface area contributed by atoms with E-state index in [2.05, 4.69) is 9.88 Å². The molecule has 0 aromatic carbocycles. The molecule has 0 saturated heterocycles. The van der Waals surface area contributed by atoms with Gasteiger partial charge in [-0.05, 0) is 19.8 Å². The minimum atomic E-state index is 0.208. The molecule has 4 nitrogen and oxygen atoms in total. The first-order chi connectivity index (χ1) is 8.22. The third kappa shape index (κ3) is 3.41. The molecule has 94 valence electrons. The molecule has 4 heteroatoms. The quantitative estimate of drug-likeness (QED) is 0.810. The summed E-state index contributed by atoms with van der Waals surface area (Å²) < 4.78 is 5.25. The van der Waals surface area contributed by atoms with Gasteiger partial charge in [0.25, 0.3) is 0 Å². The number of ether oxygens (including phenoxy) is 1. The highest BCUT2D eigenvalue weighted by atomic mass is 16.5. The van der Waals surface area contributed by atoms with Gasteiger partial charge in [0, 0.05) is 37.0 Å². The van der Waals surface area contributed by atoms with Crippen LogP contribution in [0.25, 0.3) is 0 Å². The Morgan fingerprint density at radius 2 is 2.24 bits per heavy atom. The van der Waals surface area contributed by atoms with Gasteiger partial charge in [0.2, 0.25) is 0 Å². The van der Waals surface area contributed by atoms with E-state index in [1.54, 1.807) is 7.11 Å². The Hall–Kier alpha value is -1.13. The van der Waals surface area contributed by atoms with Gasteiger partial charge in [0.1, 0.15) is 5.75 Å². The van der Waals surface area contributed by atoms with Gasteiger partial charge in [0.15, 0.2) is 0 Å². The highest BCUT2D eigenvalue weighted by Gasteiger charge is 2.28. The van der Waals surface area contributed by atoms with Crippen molar-refractivity contribution >= 4 is 0 Å². The lowest BCUT2D eigenvalue weighted by Gasteiger charge is -2.20. The Morgan fingerprint density at radius 3 is 2.82 bits per heavy atom. The summed E-state index contributed by atoms with van der Waals surface area (Å²) in [5.41, 5.74) is 1.99. The van der Waals surface area contributed by atoms with Crippen molar-refractivity contribution in [2.75, 3.05) is 20.3 Å². The van der Waals surface area contributed by atoms with Crippen molar-refractivity contribution in [2.45, 2.75) is 32.4 Å². The van der Waals surface area contributed by atoms with Crippen LogP contribution in [-0.2, 0) is 6.54 Å². The second kappa shape index (κ2) is 5.47. The summed E-state index contributed by atoms with van der Waals surface area (Å²) in [5.74, 6) is 0.854. The molecule has 1 N–H and O–H groups in total. The third-order valence-corrected chi connectivity index (χ3v) is 3.03. The number of nitrogens with zero attached hydrogens (tertiary/aromatic N) is 2. The van der Waals surface area contributed by atoms with Crippen LogP contribution in [0.1, 0.15) is 24.2 Å². The van der Waals surface area contributed by atoms with Gasteiger partial charge in [-0.25, -0.2) is 0 Å². The number of pyridine rings is 1. The maximum Gasteiger partial charge on any atom is 0.122 e. The summed E-state index contributed by atoms with van der Waals surface area (Å²) in [6.45, 7) is 3.70. The number of hydrogen-bond acceptors (Lipinski definition) is 4. The van der Waals surface area contributed by atoms with Gasteiger partial charge >= 0.3 is 0 Å². The van der Waals surface area contributed by atoms with E-state index in [0.29, 0.717) is 6.04 Å². The number of aliphatic hydroxyl groups is 1. The van der Waals surface area contributed by atoms with Crippen LogP contribution in [0.3, 0.4) is 0 Å². The van der Waals surface area contributed by atoms with Crippen LogP contribution in [0.4, 0.5) is 0 Å². The van der Waals surface area contributed by atoms with E-state index in [4.69, 9.17) is 9.84 Å². The highest BCUT2D eigenvalue weighted by molar-refractivity contribution is 5.26. The minimum Gasteiger partial charge on any atom is -0.497 e. The van der Waals surface area contributed by atoms with Crippen LogP contribution in [0, 0.1) is 6.92 Å². The molecule has 1 aliphatic carbocycles. The van der Waals surface area contributed by atoms with E-state index in [9.17, 15) is 0 Å². The molecule has 0 spiro atoms.